The van der Waals surface area contributed by atoms with Crippen LogP contribution in [0.15, 0.2) is 0 Å². The highest BCUT2D eigenvalue weighted by Crippen LogP contribution is 2.52. The van der Waals surface area contributed by atoms with E-state index in [0.29, 0.717) is 12.1 Å². The summed E-state index contributed by atoms with van der Waals surface area (Å²) in [4.78, 5) is 9.60. The van der Waals surface area contributed by atoms with Gasteiger partial charge in [0.05, 0.1) is 0 Å². The van der Waals surface area contributed by atoms with Crippen molar-refractivity contribution in [2.75, 3.05) is 12.8 Å². The van der Waals surface area contributed by atoms with E-state index >= 15 is 0 Å². The molecular weight excluding hydrogens is 187 g/mol. The molecule has 0 radical (unpaired) electrons. The van der Waals surface area contributed by atoms with E-state index < -0.39 is 7.37 Å². The molecule has 1 fully saturated rings. The summed E-state index contributed by atoms with van der Waals surface area (Å²) >= 11 is 0. The smallest absolute Gasteiger partial charge is 0.203 e. The molecular formula is C9H19O3P. The lowest BCUT2D eigenvalue weighted by Gasteiger charge is -2.29. The van der Waals surface area contributed by atoms with Crippen molar-refractivity contribution in [1.82, 2.24) is 0 Å². The number of hydrogen-bond acceptors (Lipinski definition) is 2. The van der Waals surface area contributed by atoms with Crippen LogP contribution in [-0.2, 0) is 4.57 Å². The summed E-state index contributed by atoms with van der Waals surface area (Å²) in [5.74, 6) is 0.369. The van der Waals surface area contributed by atoms with Crippen molar-refractivity contribution in [2.45, 2.75) is 38.3 Å². The molecule has 0 aromatic rings. The Labute approximate surface area is 79.6 Å². The van der Waals surface area contributed by atoms with Crippen LogP contribution >= 0.6 is 7.37 Å². The monoisotopic (exact) mass is 206 g/mol. The lowest BCUT2D eigenvalue weighted by atomic mass is 9.90. The van der Waals surface area contributed by atoms with Gasteiger partial charge in [0, 0.05) is 18.4 Å². The third kappa shape index (κ3) is 2.80. The fraction of sp³-hybridized carbons (Fsp3) is 1.00. The van der Waals surface area contributed by atoms with Crippen LogP contribution in [0, 0.1) is 5.92 Å². The molecule has 78 valence electrons. The van der Waals surface area contributed by atoms with Gasteiger partial charge in [-0.05, 0) is 31.6 Å². The van der Waals surface area contributed by atoms with Crippen LogP contribution < -0.4 is 0 Å². The topological polar surface area (TPSA) is 57.5 Å². The first-order valence-electron chi connectivity index (χ1n) is 5.02. The van der Waals surface area contributed by atoms with E-state index in [-0.39, 0.29) is 12.3 Å². The molecule has 0 heterocycles. The molecule has 0 aromatic carbocycles. The quantitative estimate of drug-likeness (QED) is 0.692. The zero-order chi connectivity index (χ0) is 9.90. The average molecular weight is 206 g/mol. The van der Waals surface area contributed by atoms with Gasteiger partial charge in [-0.25, -0.2) is 0 Å². The number of rotatable bonds is 3. The second kappa shape index (κ2) is 4.59. The first-order valence-corrected chi connectivity index (χ1v) is 6.94. The van der Waals surface area contributed by atoms with Gasteiger partial charge in [0.2, 0.25) is 7.37 Å². The third-order valence-corrected chi connectivity index (χ3v) is 5.66. The Balaban J connectivity index is 2.45. The fourth-order valence-electron chi connectivity index (χ4n) is 1.99. The number of aliphatic hydroxyl groups is 1. The molecule has 4 heteroatoms. The lowest BCUT2D eigenvalue weighted by Crippen LogP contribution is -2.21. The third-order valence-electron chi connectivity index (χ3n) is 3.10. The van der Waals surface area contributed by atoms with Gasteiger partial charge in [-0.15, -0.1) is 0 Å². The highest BCUT2D eigenvalue weighted by molar-refractivity contribution is 7.58. The van der Waals surface area contributed by atoms with Crippen molar-refractivity contribution in [2.24, 2.45) is 5.92 Å². The molecule has 1 saturated carbocycles. The first-order chi connectivity index (χ1) is 6.10. The first kappa shape index (κ1) is 11.2. The molecule has 2 N–H and O–H groups in total. The summed E-state index contributed by atoms with van der Waals surface area (Å²) in [7, 11) is -2.87. The molecule has 1 aliphatic carbocycles. The van der Waals surface area contributed by atoms with Crippen LogP contribution in [0.2, 0.25) is 0 Å². The molecule has 1 aliphatic rings. The van der Waals surface area contributed by atoms with Gasteiger partial charge in [-0.1, -0.05) is 6.92 Å². The minimum Gasteiger partial charge on any atom is -0.396 e. The Kier molecular flexibility index (Phi) is 3.96. The van der Waals surface area contributed by atoms with Gasteiger partial charge < -0.3 is 10.00 Å². The number of hydrogen-bond donors (Lipinski definition) is 2. The predicted octanol–water partition coefficient (Wildman–Crippen LogP) is 1.83. The van der Waals surface area contributed by atoms with Crippen LogP contribution in [0.4, 0.5) is 0 Å². The van der Waals surface area contributed by atoms with Gasteiger partial charge in [0.15, 0.2) is 0 Å². The largest absolute Gasteiger partial charge is 0.396 e. The maximum absolute atomic E-state index is 11.6. The molecule has 1 rings (SSSR count). The molecule has 1 unspecified atom stereocenters. The predicted molar refractivity (Wildman–Crippen MR) is 53.2 cm³/mol. The van der Waals surface area contributed by atoms with Gasteiger partial charge in [-0.2, -0.15) is 0 Å². The van der Waals surface area contributed by atoms with Gasteiger partial charge in [0.25, 0.3) is 0 Å². The lowest BCUT2D eigenvalue weighted by molar-refractivity contribution is 0.189. The normalized spacial score (nSPS) is 34.1. The molecule has 0 saturated heterocycles. The van der Waals surface area contributed by atoms with E-state index in [4.69, 9.17) is 5.11 Å². The Morgan fingerprint density at radius 1 is 1.31 bits per heavy atom. The SMILES string of the molecule is CCP(=O)(O)C1CCC(CO)CC1. The van der Waals surface area contributed by atoms with E-state index in [2.05, 4.69) is 0 Å². The van der Waals surface area contributed by atoms with E-state index in [9.17, 15) is 9.46 Å². The molecule has 0 aliphatic heterocycles. The summed E-state index contributed by atoms with van der Waals surface area (Å²) in [6, 6.07) is 0. The molecule has 13 heavy (non-hydrogen) atoms. The summed E-state index contributed by atoms with van der Waals surface area (Å²) in [5, 5.41) is 8.91. The van der Waals surface area contributed by atoms with E-state index in [1.54, 1.807) is 6.92 Å². The second-order valence-electron chi connectivity index (χ2n) is 3.93. The highest BCUT2D eigenvalue weighted by atomic mass is 31.2. The van der Waals surface area contributed by atoms with Gasteiger partial charge in [0.1, 0.15) is 0 Å². The Morgan fingerprint density at radius 3 is 2.23 bits per heavy atom. The fourth-order valence-corrected chi connectivity index (χ4v) is 3.61. The minimum atomic E-state index is -2.87. The maximum Gasteiger partial charge on any atom is 0.203 e. The zero-order valence-electron chi connectivity index (χ0n) is 8.15. The van der Waals surface area contributed by atoms with E-state index in [1.165, 1.54) is 0 Å². The average Bonchev–Trinajstić information content (AvgIpc) is 2.18. The molecule has 0 bridgehead atoms. The Hall–Kier alpha value is 0.150. The molecule has 0 aromatic heterocycles. The van der Waals surface area contributed by atoms with E-state index in [1.807, 2.05) is 0 Å². The van der Waals surface area contributed by atoms with Crippen LogP contribution in [0.25, 0.3) is 0 Å². The van der Waals surface area contributed by atoms with Crippen molar-refractivity contribution in [1.29, 1.82) is 0 Å². The number of aliphatic hydroxyl groups excluding tert-OH is 1. The minimum absolute atomic E-state index is 0.000278. The van der Waals surface area contributed by atoms with Crippen molar-refractivity contribution in [3.8, 4) is 0 Å². The van der Waals surface area contributed by atoms with Crippen molar-refractivity contribution < 1.29 is 14.6 Å². The van der Waals surface area contributed by atoms with Crippen molar-refractivity contribution in [3.63, 3.8) is 0 Å². The maximum atomic E-state index is 11.6. The summed E-state index contributed by atoms with van der Waals surface area (Å²) < 4.78 is 11.6. The van der Waals surface area contributed by atoms with E-state index in [0.717, 1.165) is 25.7 Å². The van der Waals surface area contributed by atoms with Crippen molar-refractivity contribution >= 4 is 7.37 Å². The zero-order valence-corrected chi connectivity index (χ0v) is 9.04. The van der Waals surface area contributed by atoms with Gasteiger partial charge >= 0.3 is 0 Å². The van der Waals surface area contributed by atoms with Crippen LogP contribution in [-0.4, -0.2) is 28.4 Å². The molecule has 1 atom stereocenters. The van der Waals surface area contributed by atoms with Crippen molar-refractivity contribution in [3.05, 3.63) is 0 Å². The van der Waals surface area contributed by atoms with Gasteiger partial charge in [-0.3, -0.25) is 4.57 Å². The van der Waals surface area contributed by atoms with Crippen LogP contribution in [0.1, 0.15) is 32.6 Å². The van der Waals surface area contributed by atoms with Crippen LogP contribution in [0.3, 0.4) is 0 Å². The Bertz CT molecular complexity index is 197. The highest BCUT2D eigenvalue weighted by Gasteiger charge is 2.32. The molecule has 0 spiro atoms. The summed E-state index contributed by atoms with van der Waals surface area (Å²) in [6.07, 6.45) is 3.83. The Morgan fingerprint density at radius 2 is 1.85 bits per heavy atom. The summed E-state index contributed by atoms with van der Waals surface area (Å²) in [5.41, 5.74) is 0.000278. The molecule has 0 amide bonds. The summed E-state index contributed by atoms with van der Waals surface area (Å²) in [6.45, 7) is 2.01. The standard InChI is InChI=1S/C9H19O3P/c1-2-13(11,12)9-5-3-8(7-10)4-6-9/h8-10H,2-7H2,1H3,(H,11,12). The van der Waals surface area contributed by atoms with Crippen LogP contribution in [0.5, 0.6) is 0 Å². The second-order valence-corrected chi connectivity index (χ2v) is 6.80. The molecule has 3 nitrogen and oxygen atoms in total.